The lowest BCUT2D eigenvalue weighted by molar-refractivity contribution is -0.117. The van der Waals surface area contributed by atoms with Crippen molar-refractivity contribution in [2.24, 2.45) is 5.92 Å². The number of hydrogen-bond donors (Lipinski definition) is 2. The van der Waals surface area contributed by atoms with Crippen LogP contribution in [-0.2, 0) is 4.79 Å². The van der Waals surface area contributed by atoms with Crippen molar-refractivity contribution >= 4 is 22.6 Å². The van der Waals surface area contributed by atoms with Gasteiger partial charge in [0, 0.05) is 17.6 Å². The lowest BCUT2D eigenvalue weighted by atomic mass is 9.85. The third-order valence-electron chi connectivity index (χ3n) is 3.71. The van der Waals surface area contributed by atoms with Crippen LogP contribution in [0, 0.1) is 5.92 Å². The highest BCUT2D eigenvalue weighted by atomic mass is 32.1. The van der Waals surface area contributed by atoms with E-state index < -0.39 is 0 Å². The molecule has 1 aromatic heterocycles. The van der Waals surface area contributed by atoms with Gasteiger partial charge < -0.3 is 5.32 Å². The Morgan fingerprint density at radius 1 is 1.41 bits per heavy atom. The molecule has 1 aromatic rings. The monoisotopic (exact) mass is 253 g/mol. The molecule has 17 heavy (non-hydrogen) atoms. The molecular formula is C10H15N5OS. The number of rotatable bonds is 2. The fourth-order valence-corrected chi connectivity index (χ4v) is 3.27. The van der Waals surface area contributed by atoms with Gasteiger partial charge in [-0.05, 0) is 30.4 Å². The Morgan fingerprint density at radius 3 is 3.06 bits per heavy atom. The van der Waals surface area contributed by atoms with E-state index in [1.807, 2.05) is 0 Å². The van der Waals surface area contributed by atoms with E-state index in [-0.39, 0.29) is 11.9 Å². The number of hydrogen-bond acceptors (Lipinski definition) is 6. The second-order valence-corrected chi connectivity index (χ2v) is 5.50. The summed E-state index contributed by atoms with van der Waals surface area (Å²) in [5.74, 6) is 0.671. The molecule has 2 heterocycles. The summed E-state index contributed by atoms with van der Waals surface area (Å²) in [5.41, 5.74) is 0. The Morgan fingerprint density at radius 2 is 2.29 bits per heavy atom. The molecule has 0 aromatic carbocycles. The zero-order chi connectivity index (χ0) is 11.7. The number of fused-ring (bicyclic) bond motifs is 1. The zero-order valence-electron chi connectivity index (χ0n) is 9.43. The highest BCUT2D eigenvalue weighted by molar-refractivity contribution is 7.09. The van der Waals surface area contributed by atoms with Gasteiger partial charge in [0.25, 0.3) is 0 Å². The average molecular weight is 253 g/mol. The maximum atomic E-state index is 12.0. The van der Waals surface area contributed by atoms with Crippen LogP contribution >= 0.6 is 11.5 Å². The van der Waals surface area contributed by atoms with Crippen molar-refractivity contribution in [3.63, 3.8) is 0 Å². The maximum Gasteiger partial charge on any atom is 0.243 e. The van der Waals surface area contributed by atoms with Crippen molar-refractivity contribution in [2.75, 3.05) is 5.32 Å². The summed E-state index contributed by atoms with van der Waals surface area (Å²) in [7, 11) is 0. The Hall–Kier alpha value is -1.08. The summed E-state index contributed by atoms with van der Waals surface area (Å²) in [5, 5.41) is 13.8. The molecular weight excluding hydrogens is 238 g/mol. The highest BCUT2D eigenvalue weighted by Crippen LogP contribution is 2.33. The molecule has 3 unspecified atom stereocenters. The van der Waals surface area contributed by atoms with Gasteiger partial charge in [0.1, 0.15) is 0 Å². The molecule has 1 saturated carbocycles. The van der Waals surface area contributed by atoms with Crippen LogP contribution in [0.1, 0.15) is 32.1 Å². The minimum Gasteiger partial charge on any atom is -0.303 e. The second kappa shape index (κ2) is 4.66. The molecule has 0 spiro atoms. The van der Waals surface area contributed by atoms with E-state index in [2.05, 4.69) is 25.4 Å². The molecule has 92 valence electrons. The van der Waals surface area contributed by atoms with Gasteiger partial charge in [-0.3, -0.25) is 10.1 Å². The summed E-state index contributed by atoms with van der Waals surface area (Å²) < 4.78 is 3.62. The number of amides is 1. The fraction of sp³-hybridized carbons (Fsp3) is 0.800. The number of aromatic nitrogens is 3. The summed E-state index contributed by atoms with van der Waals surface area (Å²) in [4.78, 5) is 12.0. The van der Waals surface area contributed by atoms with Crippen molar-refractivity contribution in [3.8, 4) is 0 Å². The summed E-state index contributed by atoms with van der Waals surface area (Å²) >= 11 is 1.10. The topological polar surface area (TPSA) is 79.8 Å². The zero-order valence-corrected chi connectivity index (χ0v) is 10.2. The Labute approximate surface area is 103 Å². The highest BCUT2D eigenvalue weighted by Gasteiger charge is 2.38. The van der Waals surface area contributed by atoms with Crippen LogP contribution < -0.4 is 10.6 Å². The van der Waals surface area contributed by atoms with Crippen molar-refractivity contribution in [3.05, 3.63) is 0 Å². The summed E-state index contributed by atoms with van der Waals surface area (Å²) in [6.07, 6.45) is 5.99. The first-order chi connectivity index (χ1) is 8.33. The molecule has 1 aliphatic heterocycles. The van der Waals surface area contributed by atoms with Gasteiger partial charge in [0.2, 0.25) is 11.0 Å². The third-order valence-corrected chi connectivity index (χ3v) is 4.22. The summed E-state index contributed by atoms with van der Waals surface area (Å²) in [6, 6.07) is 0.457. The standard InChI is InChI=1S/C10H15N5OS/c16-9(12-10-13-14-15-17-10)8-5-6-3-1-2-4-7(6)11-8/h6-8,11H,1-5H2,(H,12,13,15,16). The minimum atomic E-state index is -0.0769. The Kier molecular flexibility index (Phi) is 3.02. The molecule has 1 aliphatic carbocycles. The van der Waals surface area contributed by atoms with E-state index in [1.54, 1.807) is 0 Å². The van der Waals surface area contributed by atoms with Crippen LogP contribution in [0.25, 0.3) is 0 Å². The van der Waals surface area contributed by atoms with Gasteiger partial charge >= 0.3 is 0 Å². The molecule has 7 heteroatoms. The second-order valence-electron chi connectivity index (χ2n) is 4.76. The van der Waals surface area contributed by atoms with Crippen LogP contribution in [0.5, 0.6) is 0 Å². The van der Waals surface area contributed by atoms with Gasteiger partial charge in [-0.2, -0.15) is 0 Å². The number of nitrogens with one attached hydrogen (secondary N) is 2. The largest absolute Gasteiger partial charge is 0.303 e. The fourth-order valence-electron chi connectivity index (χ4n) is 2.90. The molecule has 6 nitrogen and oxygen atoms in total. The lowest BCUT2D eigenvalue weighted by Crippen LogP contribution is -2.39. The maximum absolute atomic E-state index is 12.0. The van der Waals surface area contributed by atoms with Crippen LogP contribution in [0.15, 0.2) is 0 Å². The van der Waals surface area contributed by atoms with E-state index in [0.29, 0.717) is 17.1 Å². The smallest absolute Gasteiger partial charge is 0.243 e. The predicted molar refractivity (Wildman–Crippen MR) is 63.6 cm³/mol. The minimum absolute atomic E-state index is 0.00190. The third kappa shape index (κ3) is 2.30. The van der Waals surface area contributed by atoms with Crippen molar-refractivity contribution < 1.29 is 4.79 Å². The van der Waals surface area contributed by atoms with Gasteiger partial charge in [0.05, 0.1) is 6.04 Å². The molecule has 2 fully saturated rings. The quantitative estimate of drug-likeness (QED) is 0.814. The number of carbonyl (C=O) groups excluding carboxylic acids is 1. The predicted octanol–water partition coefficient (Wildman–Crippen LogP) is 0.792. The van der Waals surface area contributed by atoms with Crippen molar-refractivity contribution in [2.45, 2.75) is 44.2 Å². The van der Waals surface area contributed by atoms with Crippen LogP contribution in [-0.4, -0.2) is 32.8 Å². The molecule has 3 rings (SSSR count). The van der Waals surface area contributed by atoms with Crippen molar-refractivity contribution in [1.29, 1.82) is 0 Å². The molecule has 3 atom stereocenters. The van der Waals surface area contributed by atoms with E-state index >= 15 is 0 Å². The first-order valence-corrected chi connectivity index (χ1v) is 6.82. The van der Waals surface area contributed by atoms with Gasteiger partial charge in [-0.1, -0.05) is 22.4 Å². The van der Waals surface area contributed by atoms with E-state index in [0.717, 1.165) is 18.0 Å². The number of nitrogens with zero attached hydrogens (tertiary/aromatic N) is 3. The van der Waals surface area contributed by atoms with E-state index in [4.69, 9.17) is 0 Å². The van der Waals surface area contributed by atoms with Crippen LogP contribution in [0.4, 0.5) is 5.13 Å². The Bertz CT molecular complexity index is 381. The van der Waals surface area contributed by atoms with E-state index in [1.165, 1.54) is 25.7 Å². The van der Waals surface area contributed by atoms with Gasteiger partial charge in [-0.25, -0.2) is 0 Å². The van der Waals surface area contributed by atoms with E-state index in [9.17, 15) is 4.79 Å². The first-order valence-electron chi connectivity index (χ1n) is 6.05. The molecule has 1 amide bonds. The van der Waals surface area contributed by atoms with Crippen LogP contribution in [0.3, 0.4) is 0 Å². The van der Waals surface area contributed by atoms with Crippen molar-refractivity contribution in [1.82, 2.24) is 20.1 Å². The molecule has 0 bridgehead atoms. The Balaban J connectivity index is 1.60. The number of anilines is 1. The number of carbonyl (C=O) groups is 1. The molecule has 2 aliphatic rings. The molecule has 2 N–H and O–H groups in total. The normalized spacial score (nSPS) is 32.1. The first kappa shape index (κ1) is 11.0. The molecule has 0 radical (unpaired) electrons. The SMILES string of the molecule is O=C(Nc1nnns1)C1CC2CCCCC2N1. The average Bonchev–Trinajstić information content (AvgIpc) is 2.96. The summed E-state index contributed by atoms with van der Waals surface area (Å²) in [6.45, 7) is 0. The van der Waals surface area contributed by atoms with Crippen LogP contribution in [0.2, 0.25) is 0 Å². The van der Waals surface area contributed by atoms with Gasteiger partial charge in [-0.15, -0.1) is 0 Å². The molecule has 1 saturated heterocycles. The lowest BCUT2D eigenvalue weighted by Gasteiger charge is -2.24. The van der Waals surface area contributed by atoms with Gasteiger partial charge in [0.15, 0.2) is 0 Å².